The first kappa shape index (κ1) is 20.4. The van der Waals surface area contributed by atoms with Crippen LogP contribution in [0.25, 0.3) is 11.0 Å². The minimum atomic E-state index is -3.79. The molecule has 3 N–H and O–H groups in total. The summed E-state index contributed by atoms with van der Waals surface area (Å²) in [7, 11) is -1.97. The van der Waals surface area contributed by atoms with Crippen LogP contribution in [0, 0.1) is 0 Å². The molecule has 3 aromatic rings. The van der Waals surface area contributed by atoms with Crippen molar-refractivity contribution in [3.63, 3.8) is 0 Å². The lowest BCUT2D eigenvalue weighted by molar-refractivity contribution is -0.113. The van der Waals surface area contributed by atoms with Crippen LogP contribution in [0.4, 0.5) is 5.69 Å². The minimum absolute atomic E-state index is 0.0113. The van der Waals surface area contributed by atoms with Crippen LogP contribution >= 0.6 is 11.8 Å². The largest absolute Gasteiger partial charge is 0.325 e. The van der Waals surface area contributed by atoms with Crippen LogP contribution in [0.3, 0.4) is 0 Å². The maximum Gasteiger partial charge on any atom is 0.238 e. The van der Waals surface area contributed by atoms with Crippen LogP contribution in [0.5, 0.6) is 0 Å². The van der Waals surface area contributed by atoms with Gasteiger partial charge >= 0.3 is 0 Å². The van der Waals surface area contributed by atoms with Gasteiger partial charge in [0, 0.05) is 12.7 Å². The van der Waals surface area contributed by atoms with Gasteiger partial charge in [-0.2, -0.15) is 0 Å². The van der Waals surface area contributed by atoms with Gasteiger partial charge in [-0.15, -0.1) is 0 Å². The Hall–Kier alpha value is -2.36. The monoisotopic (exact) mass is 418 g/mol. The zero-order valence-electron chi connectivity index (χ0n) is 15.8. The highest BCUT2D eigenvalue weighted by Gasteiger charge is 2.14. The number of nitrogens with zero attached hydrogens (tertiary/aromatic N) is 2. The normalized spacial score (nSPS) is 11.9. The third kappa shape index (κ3) is 4.54. The maximum absolute atomic E-state index is 12.3. The first-order valence-electron chi connectivity index (χ1n) is 8.67. The van der Waals surface area contributed by atoms with E-state index < -0.39 is 10.0 Å². The van der Waals surface area contributed by atoms with Crippen molar-refractivity contribution in [2.75, 3.05) is 11.1 Å². The van der Waals surface area contributed by atoms with Crippen molar-refractivity contribution in [3.05, 3.63) is 48.0 Å². The van der Waals surface area contributed by atoms with Gasteiger partial charge in [-0.3, -0.25) is 4.79 Å². The number of nitrogens with one attached hydrogen (secondary N) is 1. The van der Waals surface area contributed by atoms with E-state index in [-0.39, 0.29) is 16.6 Å². The van der Waals surface area contributed by atoms with Crippen LogP contribution in [-0.2, 0) is 21.9 Å². The molecule has 7 nitrogen and oxygen atoms in total. The van der Waals surface area contributed by atoms with Crippen molar-refractivity contribution in [1.29, 1.82) is 0 Å². The Morgan fingerprint density at radius 3 is 2.50 bits per heavy atom. The number of thioether (sulfide) groups is 1. The maximum atomic E-state index is 12.3. The van der Waals surface area contributed by atoms with Crippen molar-refractivity contribution in [3.8, 4) is 0 Å². The Morgan fingerprint density at radius 1 is 1.21 bits per heavy atom. The predicted octanol–water partition coefficient (Wildman–Crippen LogP) is 3.07. The quantitative estimate of drug-likeness (QED) is 0.598. The van der Waals surface area contributed by atoms with Crippen LogP contribution in [0.1, 0.15) is 25.3 Å². The van der Waals surface area contributed by atoms with E-state index in [1.165, 1.54) is 29.5 Å². The van der Waals surface area contributed by atoms with Gasteiger partial charge in [-0.05, 0) is 41.8 Å². The molecule has 3 rings (SSSR count). The number of carbonyl (C=O) groups excluding carboxylic acids is 1. The number of hydrogen-bond donors (Lipinski definition) is 2. The third-order valence-corrected chi connectivity index (χ3v) is 6.27. The molecule has 0 unspecified atom stereocenters. The molecule has 0 fully saturated rings. The number of hydrogen-bond acceptors (Lipinski definition) is 5. The second kappa shape index (κ2) is 7.94. The minimum Gasteiger partial charge on any atom is -0.325 e. The zero-order chi connectivity index (χ0) is 20.5. The summed E-state index contributed by atoms with van der Waals surface area (Å²) in [6, 6.07) is 12.3. The number of rotatable bonds is 6. The summed E-state index contributed by atoms with van der Waals surface area (Å²) >= 11 is 1.28. The second-order valence-corrected chi connectivity index (χ2v) is 9.27. The molecule has 148 valence electrons. The highest BCUT2D eigenvalue weighted by atomic mass is 32.2. The number of fused-ring (bicyclic) bond motifs is 1. The first-order valence-corrected chi connectivity index (χ1v) is 11.2. The Morgan fingerprint density at radius 2 is 1.89 bits per heavy atom. The van der Waals surface area contributed by atoms with Crippen molar-refractivity contribution < 1.29 is 13.2 Å². The molecule has 2 aromatic carbocycles. The van der Waals surface area contributed by atoms with Gasteiger partial charge in [-0.25, -0.2) is 18.5 Å². The van der Waals surface area contributed by atoms with Crippen molar-refractivity contribution in [1.82, 2.24) is 9.55 Å². The Bertz CT molecular complexity index is 1120. The molecule has 0 spiro atoms. The number of aryl methyl sites for hydroxylation is 1. The van der Waals surface area contributed by atoms with E-state index >= 15 is 0 Å². The summed E-state index contributed by atoms with van der Waals surface area (Å²) in [6.07, 6.45) is 0. The predicted molar refractivity (Wildman–Crippen MR) is 112 cm³/mol. The molecule has 0 aliphatic rings. The molecule has 9 heteroatoms. The van der Waals surface area contributed by atoms with E-state index in [0.29, 0.717) is 16.6 Å². The van der Waals surface area contributed by atoms with E-state index in [9.17, 15) is 13.2 Å². The van der Waals surface area contributed by atoms with E-state index in [2.05, 4.69) is 24.1 Å². The molecule has 0 bridgehead atoms. The van der Waals surface area contributed by atoms with Crippen LogP contribution in [0.2, 0.25) is 0 Å². The third-order valence-electron chi connectivity index (χ3n) is 4.33. The molecule has 1 heterocycles. The van der Waals surface area contributed by atoms with E-state index in [4.69, 9.17) is 5.14 Å². The summed E-state index contributed by atoms with van der Waals surface area (Å²) in [4.78, 5) is 16.7. The molecule has 0 aliphatic carbocycles. The molecule has 0 aliphatic heterocycles. The molecule has 0 atom stereocenters. The summed E-state index contributed by atoms with van der Waals surface area (Å²) in [6.45, 7) is 4.24. The number of primary sulfonamides is 1. The Balaban J connectivity index is 1.69. The van der Waals surface area contributed by atoms with Gasteiger partial charge < -0.3 is 9.88 Å². The van der Waals surface area contributed by atoms with Crippen molar-refractivity contribution >= 4 is 44.4 Å². The fourth-order valence-corrected chi connectivity index (χ4v) is 4.06. The molecule has 1 amide bonds. The van der Waals surface area contributed by atoms with E-state index in [0.717, 1.165) is 11.2 Å². The number of amides is 1. The fourth-order valence-electron chi connectivity index (χ4n) is 2.74. The highest BCUT2D eigenvalue weighted by Crippen LogP contribution is 2.25. The second-order valence-electron chi connectivity index (χ2n) is 6.76. The Kier molecular flexibility index (Phi) is 5.78. The molecule has 0 radical (unpaired) electrons. The fraction of sp³-hybridized carbons (Fsp3) is 0.263. The summed E-state index contributed by atoms with van der Waals surface area (Å²) in [5, 5.41) is 8.65. The number of nitrogens with two attached hydrogens (primary N) is 1. The average Bonchev–Trinajstić information content (AvgIpc) is 2.95. The average molecular weight is 419 g/mol. The van der Waals surface area contributed by atoms with E-state index in [1.54, 1.807) is 6.07 Å². The van der Waals surface area contributed by atoms with Crippen LogP contribution < -0.4 is 10.5 Å². The van der Waals surface area contributed by atoms with Crippen molar-refractivity contribution in [2.24, 2.45) is 12.2 Å². The standard InChI is InChI=1S/C19H22N4O3S2/c1-12(2)13-4-6-14(7-5-13)21-18(24)11-27-19-22-16-10-15(28(20,25)26)8-9-17(16)23(19)3/h4-10,12H,11H2,1-3H3,(H,21,24)(H2,20,25,26). The highest BCUT2D eigenvalue weighted by molar-refractivity contribution is 7.99. The number of carbonyl (C=O) groups is 1. The summed E-state index contributed by atoms with van der Waals surface area (Å²) in [5.41, 5.74) is 3.24. The van der Waals surface area contributed by atoms with Gasteiger partial charge in [0.05, 0.1) is 21.7 Å². The molecule has 0 saturated heterocycles. The lowest BCUT2D eigenvalue weighted by Gasteiger charge is -2.08. The molecule has 28 heavy (non-hydrogen) atoms. The van der Waals surface area contributed by atoms with Crippen LogP contribution in [-0.4, -0.2) is 29.6 Å². The number of imidazole rings is 1. The van der Waals surface area contributed by atoms with Gasteiger partial charge in [0.25, 0.3) is 0 Å². The molecule has 1 aromatic heterocycles. The smallest absolute Gasteiger partial charge is 0.238 e. The van der Waals surface area contributed by atoms with Gasteiger partial charge in [0.15, 0.2) is 5.16 Å². The number of aromatic nitrogens is 2. The molecule has 0 saturated carbocycles. The molecular formula is C19H22N4O3S2. The first-order chi connectivity index (χ1) is 13.1. The molecular weight excluding hydrogens is 396 g/mol. The van der Waals surface area contributed by atoms with Gasteiger partial charge in [0.1, 0.15) is 0 Å². The number of sulfonamides is 1. The van der Waals surface area contributed by atoms with E-state index in [1.807, 2.05) is 35.9 Å². The SMILES string of the molecule is CC(C)c1ccc(NC(=O)CSc2nc3cc(S(N)(=O)=O)ccc3n2C)cc1. The topological polar surface area (TPSA) is 107 Å². The lowest BCUT2D eigenvalue weighted by atomic mass is 10.0. The summed E-state index contributed by atoms with van der Waals surface area (Å²) < 4.78 is 24.8. The van der Waals surface area contributed by atoms with Gasteiger partial charge in [-0.1, -0.05) is 37.7 Å². The van der Waals surface area contributed by atoms with Gasteiger partial charge in [0.2, 0.25) is 15.9 Å². The number of anilines is 1. The zero-order valence-corrected chi connectivity index (χ0v) is 17.5. The Labute approximate surface area is 168 Å². The van der Waals surface area contributed by atoms with Crippen LogP contribution in [0.15, 0.2) is 52.5 Å². The lowest BCUT2D eigenvalue weighted by Crippen LogP contribution is -2.14. The van der Waals surface area contributed by atoms with Crippen molar-refractivity contribution in [2.45, 2.75) is 29.8 Å². The number of benzene rings is 2. The summed E-state index contributed by atoms with van der Waals surface area (Å²) in [5.74, 6) is 0.484.